The number of carbonyl (C=O) groups excluding carboxylic acids is 1. The maximum atomic E-state index is 10.2. The lowest BCUT2D eigenvalue weighted by Gasteiger charge is -2.08. The van der Waals surface area contributed by atoms with Gasteiger partial charge in [-0.25, -0.2) is 4.79 Å². The van der Waals surface area contributed by atoms with Crippen LogP contribution >= 0.6 is 0 Å². The molecule has 0 radical (unpaired) electrons. The van der Waals surface area contributed by atoms with Crippen LogP contribution in [0.5, 0.6) is 0 Å². The molecule has 1 heterocycles. The molecule has 1 saturated heterocycles. The van der Waals surface area contributed by atoms with Gasteiger partial charge in [0.15, 0.2) is 0 Å². The van der Waals surface area contributed by atoms with E-state index in [2.05, 4.69) is 10.1 Å². The number of ether oxygens (including phenoxy) is 2. The monoisotopic (exact) mass is 160 g/mol. The highest BCUT2D eigenvalue weighted by molar-refractivity contribution is 5.64. The molecule has 11 heavy (non-hydrogen) atoms. The van der Waals surface area contributed by atoms with Crippen LogP contribution in [0.4, 0.5) is 4.79 Å². The van der Waals surface area contributed by atoms with Crippen molar-refractivity contribution in [1.29, 1.82) is 0 Å². The van der Waals surface area contributed by atoms with Crippen molar-refractivity contribution < 1.29 is 14.3 Å². The van der Waals surface area contributed by atoms with Gasteiger partial charge in [-0.1, -0.05) is 0 Å². The Morgan fingerprint density at radius 3 is 3.09 bits per heavy atom. The number of rotatable bonds is 2. The molecule has 0 saturated carbocycles. The number of amides is 1. The van der Waals surface area contributed by atoms with Crippen LogP contribution in [0.15, 0.2) is 0 Å². The van der Waals surface area contributed by atoms with Crippen molar-refractivity contribution >= 4 is 6.09 Å². The van der Waals surface area contributed by atoms with E-state index in [-0.39, 0.29) is 18.9 Å². The molecule has 0 aromatic carbocycles. The fourth-order valence-corrected chi connectivity index (χ4v) is 0.956. The topological polar surface area (TPSA) is 73.6 Å². The third kappa shape index (κ3) is 2.73. The van der Waals surface area contributed by atoms with Crippen molar-refractivity contribution in [2.45, 2.75) is 19.3 Å². The third-order valence-electron chi connectivity index (χ3n) is 1.44. The summed E-state index contributed by atoms with van der Waals surface area (Å²) in [5.74, 6) is 0. The van der Waals surface area contributed by atoms with E-state index in [1.165, 1.54) is 0 Å². The fraction of sp³-hybridized carbons (Fsp3) is 0.833. The summed E-state index contributed by atoms with van der Waals surface area (Å²) in [6.45, 7) is 2.82. The number of nitrogens with two attached hydrogens (primary N) is 1. The van der Waals surface area contributed by atoms with Gasteiger partial charge in [-0.05, 0) is 6.92 Å². The van der Waals surface area contributed by atoms with E-state index in [1.807, 2.05) is 6.92 Å². The molecule has 2 atom stereocenters. The summed E-state index contributed by atoms with van der Waals surface area (Å²) in [5, 5.41) is 3.04. The number of hydrogen-bond donors (Lipinski definition) is 2. The van der Waals surface area contributed by atoms with Crippen molar-refractivity contribution in [2.24, 2.45) is 5.73 Å². The van der Waals surface area contributed by atoms with E-state index in [1.54, 1.807) is 0 Å². The van der Waals surface area contributed by atoms with Gasteiger partial charge in [0.1, 0.15) is 18.9 Å². The fourth-order valence-electron chi connectivity index (χ4n) is 0.956. The van der Waals surface area contributed by atoms with Crippen molar-refractivity contribution in [3.05, 3.63) is 0 Å². The summed E-state index contributed by atoms with van der Waals surface area (Å²) in [6, 6.07) is 0. The Balaban J connectivity index is 2.13. The predicted molar refractivity (Wildman–Crippen MR) is 37.9 cm³/mol. The summed E-state index contributed by atoms with van der Waals surface area (Å²) < 4.78 is 9.82. The van der Waals surface area contributed by atoms with Gasteiger partial charge in [-0.2, -0.15) is 0 Å². The normalized spacial score (nSPS) is 30.3. The van der Waals surface area contributed by atoms with Crippen LogP contribution in [-0.4, -0.2) is 31.6 Å². The number of hydrogen-bond acceptors (Lipinski definition) is 4. The molecule has 3 N–H and O–H groups in total. The van der Waals surface area contributed by atoms with Gasteiger partial charge in [0.2, 0.25) is 0 Å². The first-order valence-electron chi connectivity index (χ1n) is 3.49. The Bertz CT molecular complexity index is 151. The van der Waals surface area contributed by atoms with E-state index >= 15 is 0 Å². The first-order chi connectivity index (χ1) is 5.18. The number of nitrogens with one attached hydrogen (secondary N) is 1. The van der Waals surface area contributed by atoms with Crippen LogP contribution in [0.1, 0.15) is 6.92 Å². The highest BCUT2D eigenvalue weighted by Gasteiger charge is 2.21. The molecule has 0 aliphatic carbocycles. The summed E-state index contributed by atoms with van der Waals surface area (Å²) in [4.78, 5) is 10.2. The standard InChI is InChI=1S/C6H12N2O3/c1-4-8-2-5(11-4)3-10-6(7)9/h4-5,8H,2-3H2,1H3,(H2,7,9). The minimum atomic E-state index is -0.756. The minimum absolute atomic E-state index is 0.0384. The summed E-state index contributed by atoms with van der Waals surface area (Å²) in [5.41, 5.74) is 4.77. The lowest BCUT2D eigenvalue weighted by molar-refractivity contribution is 0.0139. The quantitative estimate of drug-likeness (QED) is 0.566. The largest absolute Gasteiger partial charge is 0.447 e. The highest BCUT2D eigenvalue weighted by atomic mass is 16.6. The lowest BCUT2D eigenvalue weighted by Crippen LogP contribution is -2.24. The molecular formula is C6H12N2O3. The molecule has 5 heteroatoms. The average molecular weight is 160 g/mol. The number of carbonyl (C=O) groups is 1. The third-order valence-corrected chi connectivity index (χ3v) is 1.44. The molecule has 0 bridgehead atoms. The van der Waals surface area contributed by atoms with Gasteiger partial charge in [0, 0.05) is 6.54 Å². The van der Waals surface area contributed by atoms with Crippen molar-refractivity contribution in [2.75, 3.05) is 13.2 Å². The second kappa shape index (κ2) is 3.54. The second-order valence-corrected chi connectivity index (χ2v) is 2.44. The second-order valence-electron chi connectivity index (χ2n) is 2.44. The van der Waals surface area contributed by atoms with Gasteiger partial charge in [-0.15, -0.1) is 0 Å². The van der Waals surface area contributed by atoms with E-state index in [0.717, 1.165) is 0 Å². The highest BCUT2D eigenvalue weighted by Crippen LogP contribution is 2.03. The SMILES string of the molecule is CC1NCC(COC(N)=O)O1. The van der Waals surface area contributed by atoms with Crippen LogP contribution in [0.25, 0.3) is 0 Å². The van der Waals surface area contributed by atoms with E-state index in [0.29, 0.717) is 6.54 Å². The Morgan fingerprint density at radius 2 is 2.64 bits per heavy atom. The molecule has 2 unspecified atom stereocenters. The van der Waals surface area contributed by atoms with Crippen LogP contribution in [0.3, 0.4) is 0 Å². The molecule has 1 rings (SSSR count). The molecule has 64 valence electrons. The van der Waals surface area contributed by atoms with Gasteiger partial charge < -0.3 is 15.2 Å². The maximum absolute atomic E-state index is 10.2. The molecule has 0 aromatic heterocycles. The first-order valence-corrected chi connectivity index (χ1v) is 3.49. The van der Waals surface area contributed by atoms with Crippen LogP contribution < -0.4 is 11.1 Å². The molecule has 1 fully saturated rings. The molecule has 0 spiro atoms. The zero-order chi connectivity index (χ0) is 8.27. The van der Waals surface area contributed by atoms with Crippen LogP contribution in [0, 0.1) is 0 Å². The Morgan fingerprint density at radius 1 is 1.91 bits per heavy atom. The molecule has 1 aliphatic heterocycles. The molecule has 5 nitrogen and oxygen atoms in total. The van der Waals surface area contributed by atoms with Crippen molar-refractivity contribution in [3.8, 4) is 0 Å². The van der Waals surface area contributed by atoms with Crippen LogP contribution in [-0.2, 0) is 9.47 Å². The first kappa shape index (κ1) is 8.29. The van der Waals surface area contributed by atoms with Gasteiger partial charge in [-0.3, -0.25) is 5.32 Å². The van der Waals surface area contributed by atoms with Gasteiger partial charge >= 0.3 is 6.09 Å². The van der Waals surface area contributed by atoms with E-state index < -0.39 is 6.09 Å². The summed E-state index contributed by atoms with van der Waals surface area (Å²) in [7, 11) is 0. The zero-order valence-corrected chi connectivity index (χ0v) is 6.37. The maximum Gasteiger partial charge on any atom is 0.404 e. The lowest BCUT2D eigenvalue weighted by atomic mass is 10.4. The molecule has 1 aliphatic rings. The number of primary amides is 1. The van der Waals surface area contributed by atoms with Crippen LogP contribution in [0.2, 0.25) is 0 Å². The van der Waals surface area contributed by atoms with E-state index in [4.69, 9.17) is 10.5 Å². The molecular weight excluding hydrogens is 148 g/mol. The summed E-state index contributed by atoms with van der Waals surface area (Å²) >= 11 is 0. The summed E-state index contributed by atoms with van der Waals surface area (Å²) in [6.07, 6.45) is -0.776. The van der Waals surface area contributed by atoms with Crippen molar-refractivity contribution in [3.63, 3.8) is 0 Å². The minimum Gasteiger partial charge on any atom is -0.447 e. The Labute approximate surface area is 64.8 Å². The van der Waals surface area contributed by atoms with Gasteiger partial charge in [0.05, 0.1) is 0 Å². The Hall–Kier alpha value is -0.810. The van der Waals surface area contributed by atoms with Gasteiger partial charge in [0.25, 0.3) is 0 Å². The average Bonchev–Trinajstić information content (AvgIpc) is 2.31. The smallest absolute Gasteiger partial charge is 0.404 e. The zero-order valence-electron chi connectivity index (χ0n) is 6.37. The molecule has 0 aromatic rings. The Kier molecular flexibility index (Phi) is 2.67. The predicted octanol–water partition coefficient (Wildman–Crippen LogP) is -0.584. The van der Waals surface area contributed by atoms with E-state index in [9.17, 15) is 4.79 Å². The molecule has 1 amide bonds. The van der Waals surface area contributed by atoms with Crippen molar-refractivity contribution in [1.82, 2.24) is 5.32 Å².